The van der Waals surface area contributed by atoms with Gasteiger partial charge in [-0.05, 0) is 0 Å². The molecule has 1 rings (SSSR count). The molecule has 2 atom stereocenters. The highest BCUT2D eigenvalue weighted by Crippen LogP contribution is 2.21. The van der Waals surface area contributed by atoms with Crippen LogP contribution in [0.25, 0.3) is 0 Å². The van der Waals surface area contributed by atoms with Crippen molar-refractivity contribution in [3.8, 4) is 0 Å². The summed E-state index contributed by atoms with van der Waals surface area (Å²) in [6, 6.07) is 0. The van der Waals surface area contributed by atoms with E-state index in [1.54, 1.807) is 0 Å². The fraction of sp³-hybridized carbons (Fsp3) is 0.600. The lowest BCUT2D eigenvalue weighted by Crippen LogP contribution is -2.29. The second-order valence-electron chi connectivity index (χ2n) is 3.38. The van der Waals surface area contributed by atoms with Gasteiger partial charge in [0.15, 0.2) is 11.9 Å². The van der Waals surface area contributed by atoms with Gasteiger partial charge in [0, 0.05) is 13.5 Å². The first-order valence-corrected chi connectivity index (χ1v) is 5.06. The van der Waals surface area contributed by atoms with Crippen molar-refractivity contribution in [3.63, 3.8) is 0 Å². The van der Waals surface area contributed by atoms with Crippen LogP contribution in [0.3, 0.4) is 0 Å². The second-order valence-corrected chi connectivity index (χ2v) is 3.38. The first-order chi connectivity index (χ1) is 8.51. The zero-order chi connectivity index (χ0) is 13.7. The van der Waals surface area contributed by atoms with Gasteiger partial charge >= 0.3 is 11.9 Å². The van der Waals surface area contributed by atoms with E-state index >= 15 is 0 Å². The van der Waals surface area contributed by atoms with Crippen molar-refractivity contribution < 1.29 is 38.7 Å². The van der Waals surface area contributed by atoms with Gasteiger partial charge in [0.1, 0.15) is 0 Å². The molecular weight excluding hydrogens is 248 g/mol. The van der Waals surface area contributed by atoms with Crippen LogP contribution in [0.15, 0.2) is 11.5 Å². The lowest BCUT2D eigenvalue weighted by Gasteiger charge is -2.15. The molecule has 2 unspecified atom stereocenters. The Morgan fingerprint density at radius 3 is 2.56 bits per heavy atom. The predicted molar refractivity (Wildman–Crippen MR) is 55.5 cm³/mol. The molecule has 0 aromatic heterocycles. The van der Waals surface area contributed by atoms with Crippen LogP contribution in [0.5, 0.6) is 0 Å². The molecular formula is C10H14O8. The maximum absolute atomic E-state index is 11.1. The van der Waals surface area contributed by atoms with E-state index in [9.17, 15) is 14.7 Å². The summed E-state index contributed by atoms with van der Waals surface area (Å²) in [6.45, 7) is -0.0388. The molecule has 18 heavy (non-hydrogen) atoms. The Balaban J connectivity index is 2.39. The summed E-state index contributed by atoms with van der Waals surface area (Å²) in [7, 11) is 2.45. The second kappa shape index (κ2) is 6.22. The number of aliphatic hydroxyl groups is 2. The molecule has 0 aromatic rings. The van der Waals surface area contributed by atoms with Crippen molar-refractivity contribution in [2.45, 2.75) is 18.8 Å². The topological polar surface area (TPSA) is 112 Å². The van der Waals surface area contributed by atoms with Gasteiger partial charge in [-0.25, -0.2) is 9.59 Å². The Bertz CT molecular complexity index is 361. The van der Waals surface area contributed by atoms with Crippen molar-refractivity contribution in [2.24, 2.45) is 0 Å². The van der Waals surface area contributed by atoms with Crippen LogP contribution in [0, 0.1) is 0 Å². The van der Waals surface area contributed by atoms with E-state index in [4.69, 9.17) is 14.6 Å². The minimum absolute atomic E-state index is 0.0388. The van der Waals surface area contributed by atoms with Crippen LogP contribution in [0.2, 0.25) is 0 Å². The molecule has 8 heteroatoms. The van der Waals surface area contributed by atoms with Crippen molar-refractivity contribution >= 4 is 11.9 Å². The van der Waals surface area contributed by atoms with Crippen LogP contribution < -0.4 is 0 Å². The summed E-state index contributed by atoms with van der Waals surface area (Å²) in [5.41, 5.74) is 0. The summed E-state index contributed by atoms with van der Waals surface area (Å²) in [4.78, 5) is 22.0. The number of ether oxygens (including phenoxy) is 4. The van der Waals surface area contributed by atoms with Crippen LogP contribution in [0.4, 0.5) is 0 Å². The molecule has 1 heterocycles. The Morgan fingerprint density at radius 2 is 2.11 bits per heavy atom. The average Bonchev–Trinajstić information content (AvgIpc) is 2.61. The SMILES string of the molecule is COC(=O)C(OC)OCCC1OC(=O)C(O)=C1O. The highest BCUT2D eigenvalue weighted by Gasteiger charge is 2.34. The number of methoxy groups -OCH3 is 2. The summed E-state index contributed by atoms with van der Waals surface area (Å²) in [5.74, 6) is -3.05. The fourth-order valence-electron chi connectivity index (χ4n) is 1.30. The monoisotopic (exact) mass is 262 g/mol. The molecule has 0 fully saturated rings. The smallest absolute Gasteiger partial charge is 0.377 e. The number of esters is 2. The molecule has 102 valence electrons. The Hall–Kier alpha value is -1.80. The molecule has 0 spiro atoms. The largest absolute Gasteiger partial charge is 0.505 e. The number of carbonyl (C=O) groups is 2. The molecule has 0 aromatic carbocycles. The molecule has 0 amide bonds. The first-order valence-electron chi connectivity index (χ1n) is 5.06. The van der Waals surface area contributed by atoms with E-state index in [0.29, 0.717) is 0 Å². The molecule has 8 nitrogen and oxygen atoms in total. The molecule has 0 saturated heterocycles. The minimum atomic E-state index is -1.19. The Kier molecular flexibility index (Phi) is 4.93. The summed E-state index contributed by atoms with van der Waals surface area (Å²) >= 11 is 0. The first kappa shape index (κ1) is 14.3. The fourth-order valence-corrected chi connectivity index (χ4v) is 1.30. The van der Waals surface area contributed by atoms with Crippen LogP contribution in [0.1, 0.15) is 6.42 Å². The standard InChI is InChI=1S/C10H14O8/c1-15-9(14)10(16-2)17-4-3-5-6(11)7(12)8(13)18-5/h5,10-12H,3-4H2,1-2H3. The molecule has 2 N–H and O–H groups in total. The van der Waals surface area contributed by atoms with Gasteiger partial charge < -0.3 is 29.2 Å². The van der Waals surface area contributed by atoms with Crippen molar-refractivity contribution in [2.75, 3.05) is 20.8 Å². The number of carbonyl (C=O) groups excluding carboxylic acids is 2. The normalized spacial score (nSPS) is 20.8. The number of hydrogen-bond donors (Lipinski definition) is 2. The van der Waals surface area contributed by atoms with Gasteiger partial charge in [-0.15, -0.1) is 0 Å². The summed E-state index contributed by atoms with van der Waals surface area (Å²) < 4.78 is 18.8. The van der Waals surface area contributed by atoms with Gasteiger partial charge in [0.05, 0.1) is 13.7 Å². The van der Waals surface area contributed by atoms with E-state index < -0.39 is 35.9 Å². The highest BCUT2D eigenvalue weighted by atomic mass is 16.7. The van der Waals surface area contributed by atoms with E-state index in [-0.39, 0.29) is 13.0 Å². The van der Waals surface area contributed by atoms with Gasteiger partial charge in [-0.2, -0.15) is 0 Å². The van der Waals surface area contributed by atoms with Crippen molar-refractivity contribution in [3.05, 3.63) is 11.5 Å². The maximum atomic E-state index is 11.1. The summed E-state index contributed by atoms with van der Waals surface area (Å²) in [6.07, 6.45) is -2.10. The van der Waals surface area contributed by atoms with Crippen molar-refractivity contribution in [1.82, 2.24) is 0 Å². The Labute approximate surface area is 103 Å². The molecule has 0 saturated carbocycles. The molecule has 0 radical (unpaired) electrons. The van der Waals surface area contributed by atoms with Crippen LogP contribution in [-0.2, 0) is 28.5 Å². The zero-order valence-electron chi connectivity index (χ0n) is 9.91. The zero-order valence-corrected chi connectivity index (χ0v) is 9.91. The third-order valence-corrected chi connectivity index (χ3v) is 2.25. The predicted octanol–water partition coefficient (Wildman–Crippen LogP) is -0.208. The molecule has 0 aliphatic carbocycles. The molecule has 0 bridgehead atoms. The van der Waals surface area contributed by atoms with Gasteiger partial charge in [-0.3, -0.25) is 0 Å². The van der Waals surface area contributed by atoms with Crippen LogP contribution >= 0.6 is 0 Å². The Morgan fingerprint density at radius 1 is 1.44 bits per heavy atom. The number of cyclic esters (lactones) is 1. The molecule has 1 aliphatic rings. The quantitative estimate of drug-likeness (QED) is 0.499. The minimum Gasteiger partial charge on any atom is -0.505 e. The molecule has 1 aliphatic heterocycles. The highest BCUT2D eigenvalue weighted by molar-refractivity contribution is 5.88. The lowest BCUT2D eigenvalue weighted by molar-refractivity contribution is -0.187. The van der Waals surface area contributed by atoms with E-state index in [2.05, 4.69) is 9.47 Å². The number of aliphatic hydroxyl groups excluding tert-OH is 2. The number of rotatable bonds is 6. The van der Waals surface area contributed by atoms with Gasteiger partial charge in [0.2, 0.25) is 5.76 Å². The van der Waals surface area contributed by atoms with E-state index in [1.165, 1.54) is 14.2 Å². The van der Waals surface area contributed by atoms with Gasteiger partial charge in [-0.1, -0.05) is 0 Å². The lowest BCUT2D eigenvalue weighted by atomic mass is 10.2. The average molecular weight is 262 g/mol. The van der Waals surface area contributed by atoms with Gasteiger partial charge in [0.25, 0.3) is 6.29 Å². The third-order valence-electron chi connectivity index (χ3n) is 2.25. The summed E-state index contributed by atoms with van der Waals surface area (Å²) in [5, 5.41) is 18.3. The van der Waals surface area contributed by atoms with Crippen LogP contribution in [-0.4, -0.2) is 55.4 Å². The van der Waals surface area contributed by atoms with Crippen molar-refractivity contribution in [1.29, 1.82) is 0 Å². The number of hydrogen-bond acceptors (Lipinski definition) is 8. The van der Waals surface area contributed by atoms with E-state index in [0.717, 1.165) is 0 Å². The van der Waals surface area contributed by atoms with E-state index in [1.807, 2.05) is 0 Å². The maximum Gasteiger partial charge on any atom is 0.377 e. The third kappa shape index (κ3) is 3.11.